The highest BCUT2D eigenvalue weighted by Gasteiger charge is 2.18. The van der Waals surface area contributed by atoms with E-state index in [4.69, 9.17) is 16.3 Å². The molecule has 0 aliphatic heterocycles. The van der Waals surface area contributed by atoms with Crippen LogP contribution in [0.4, 0.5) is 5.69 Å². The van der Waals surface area contributed by atoms with Crippen molar-refractivity contribution >= 4 is 11.6 Å². The first-order chi connectivity index (χ1) is 9.51. The van der Waals surface area contributed by atoms with Crippen molar-refractivity contribution in [2.24, 2.45) is 17.6 Å². The number of anilines is 1. The number of hydrogen-bond donors (Lipinski definition) is 2. The van der Waals surface area contributed by atoms with Gasteiger partial charge in [0.1, 0.15) is 12.1 Å². The monoisotopic (exact) mass is 270 g/mol. The van der Waals surface area contributed by atoms with Gasteiger partial charge >= 0.3 is 0 Å². The molecule has 5 heteroatoms. The number of hydrogen-bond acceptors (Lipinski definition) is 4. The topological polar surface area (TPSA) is 103 Å². The van der Waals surface area contributed by atoms with Gasteiger partial charge in [-0.05, 0) is 30.5 Å². The van der Waals surface area contributed by atoms with Gasteiger partial charge in [-0.2, -0.15) is 10.5 Å². The van der Waals surface area contributed by atoms with Crippen molar-refractivity contribution < 1.29 is 4.79 Å². The molecule has 0 saturated heterocycles. The Hall–Kier alpha value is -2.37. The minimum Gasteiger partial charge on any atom is -0.330 e. The quantitative estimate of drug-likeness (QED) is 0.853. The molecule has 104 valence electrons. The predicted molar refractivity (Wildman–Crippen MR) is 76.5 cm³/mol. The van der Waals surface area contributed by atoms with E-state index in [0.29, 0.717) is 23.6 Å². The summed E-state index contributed by atoms with van der Waals surface area (Å²) in [4.78, 5) is 12.1. The Bertz CT molecular complexity index is 566. The largest absolute Gasteiger partial charge is 0.330 e. The van der Waals surface area contributed by atoms with Crippen LogP contribution >= 0.6 is 0 Å². The smallest absolute Gasteiger partial charge is 0.228 e. The molecular formula is C15H18N4O. The second kappa shape index (κ2) is 7.28. The van der Waals surface area contributed by atoms with E-state index in [1.54, 1.807) is 6.07 Å². The molecule has 1 aromatic carbocycles. The Morgan fingerprint density at radius 3 is 2.45 bits per heavy atom. The van der Waals surface area contributed by atoms with Crippen molar-refractivity contribution in [2.45, 2.75) is 20.3 Å². The highest BCUT2D eigenvalue weighted by atomic mass is 16.1. The molecule has 0 aromatic heterocycles. The van der Waals surface area contributed by atoms with Crippen LogP contribution in [0.2, 0.25) is 0 Å². The normalized spacial score (nSPS) is 11.5. The second-order valence-corrected chi connectivity index (χ2v) is 5.04. The van der Waals surface area contributed by atoms with Crippen molar-refractivity contribution in [3.05, 3.63) is 29.3 Å². The number of rotatable bonds is 5. The molecule has 1 amide bonds. The van der Waals surface area contributed by atoms with Gasteiger partial charge in [-0.3, -0.25) is 4.79 Å². The summed E-state index contributed by atoms with van der Waals surface area (Å²) >= 11 is 0. The van der Waals surface area contributed by atoms with E-state index in [2.05, 4.69) is 5.32 Å². The second-order valence-electron chi connectivity index (χ2n) is 5.04. The lowest BCUT2D eigenvalue weighted by Crippen LogP contribution is -2.30. The molecular weight excluding hydrogens is 252 g/mol. The van der Waals surface area contributed by atoms with Gasteiger partial charge in [0, 0.05) is 12.2 Å². The molecule has 1 aromatic rings. The summed E-state index contributed by atoms with van der Waals surface area (Å²) in [5.74, 6) is -0.0316. The summed E-state index contributed by atoms with van der Waals surface area (Å²) in [6, 6.07) is 8.50. The zero-order valence-corrected chi connectivity index (χ0v) is 11.7. The van der Waals surface area contributed by atoms with Crippen LogP contribution in [0.25, 0.3) is 0 Å². The van der Waals surface area contributed by atoms with Gasteiger partial charge in [0.05, 0.1) is 17.0 Å². The molecule has 3 N–H and O–H groups in total. The number of nitriles is 2. The van der Waals surface area contributed by atoms with Gasteiger partial charge in [-0.25, -0.2) is 0 Å². The standard InChI is InChI=1S/C15H18N4O/c1-10(2)5-13(9-18)15(20)19-14-4-3-11(7-16)12(6-14)8-17/h3-4,6,10,13H,5,9,18H2,1-2H3,(H,19,20). The average Bonchev–Trinajstić information content (AvgIpc) is 2.44. The van der Waals surface area contributed by atoms with Crippen LogP contribution in [0, 0.1) is 34.5 Å². The summed E-state index contributed by atoms with van der Waals surface area (Å²) in [6.45, 7) is 4.35. The van der Waals surface area contributed by atoms with E-state index in [1.165, 1.54) is 12.1 Å². The Labute approximate surface area is 119 Å². The summed E-state index contributed by atoms with van der Waals surface area (Å²) in [6.07, 6.45) is 0.712. The van der Waals surface area contributed by atoms with E-state index in [9.17, 15) is 4.79 Å². The molecule has 0 aliphatic carbocycles. The predicted octanol–water partition coefficient (Wildman–Crippen LogP) is 1.99. The van der Waals surface area contributed by atoms with Crippen LogP contribution in [-0.2, 0) is 4.79 Å². The van der Waals surface area contributed by atoms with Gasteiger partial charge in [-0.1, -0.05) is 13.8 Å². The van der Waals surface area contributed by atoms with Crippen molar-refractivity contribution in [3.8, 4) is 12.1 Å². The Morgan fingerprint density at radius 1 is 1.30 bits per heavy atom. The highest BCUT2D eigenvalue weighted by molar-refractivity contribution is 5.93. The summed E-state index contributed by atoms with van der Waals surface area (Å²) in [5, 5.41) is 20.5. The Balaban J connectivity index is 2.86. The molecule has 0 fully saturated rings. The third-order valence-corrected chi connectivity index (χ3v) is 2.94. The Kier molecular flexibility index (Phi) is 5.71. The van der Waals surface area contributed by atoms with Gasteiger partial charge in [-0.15, -0.1) is 0 Å². The summed E-state index contributed by atoms with van der Waals surface area (Å²) in [7, 11) is 0. The maximum atomic E-state index is 12.1. The maximum Gasteiger partial charge on any atom is 0.228 e. The van der Waals surface area contributed by atoms with Crippen LogP contribution in [0.1, 0.15) is 31.4 Å². The average molecular weight is 270 g/mol. The third kappa shape index (κ3) is 4.08. The molecule has 1 unspecified atom stereocenters. The first-order valence-corrected chi connectivity index (χ1v) is 6.47. The molecule has 0 spiro atoms. The summed E-state index contributed by atoms with van der Waals surface area (Å²) in [5.41, 5.74) is 6.67. The molecule has 5 nitrogen and oxygen atoms in total. The van der Waals surface area contributed by atoms with E-state index in [-0.39, 0.29) is 23.9 Å². The fourth-order valence-corrected chi connectivity index (χ4v) is 1.94. The highest BCUT2D eigenvalue weighted by Crippen LogP contribution is 2.17. The lowest BCUT2D eigenvalue weighted by molar-refractivity contribution is -0.120. The molecule has 0 radical (unpaired) electrons. The molecule has 0 saturated carbocycles. The maximum absolute atomic E-state index is 12.1. The molecule has 1 atom stereocenters. The van der Waals surface area contributed by atoms with Crippen molar-refractivity contribution in [3.63, 3.8) is 0 Å². The van der Waals surface area contributed by atoms with Crippen LogP contribution in [0.5, 0.6) is 0 Å². The number of benzene rings is 1. The number of nitrogens with one attached hydrogen (secondary N) is 1. The van der Waals surface area contributed by atoms with Crippen LogP contribution in [-0.4, -0.2) is 12.5 Å². The van der Waals surface area contributed by atoms with E-state index in [0.717, 1.165) is 0 Å². The van der Waals surface area contributed by atoms with Crippen molar-refractivity contribution in [1.82, 2.24) is 0 Å². The first-order valence-electron chi connectivity index (χ1n) is 6.47. The minimum atomic E-state index is -0.254. The molecule has 0 bridgehead atoms. The number of nitrogens with zero attached hydrogens (tertiary/aromatic N) is 2. The van der Waals surface area contributed by atoms with E-state index >= 15 is 0 Å². The molecule has 1 rings (SSSR count). The lowest BCUT2D eigenvalue weighted by atomic mass is 9.96. The van der Waals surface area contributed by atoms with Crippen molar-refractivity contribution in [2.75, 3.05) is 11.9 Å². The zero-order valence-electron chi connectivity index (χ0n) is 11.7. The first kappa shape index (κ1) is 15.7. The molecule has 20 heavy (non-hydrogen) atoms. The lowest BCUT2D eigenvalue weighted by Gasteiger charge is -2.17. The van der Waals surface area contributed by atoms with Crippen molar-refractivity contribution in [1.29, 1.82) is 10.5 Å². The Morgan fingerprint density at radius 2 is 1.95 bits per heavy atom. The van der Waals surface area contributed by atoms with Crippen LogP contribution < -0.4 is 11.1 Å². The van der Waals surface area contributed by atoms with Crippen LogP contribution in [0.15, 0.2) is 18.2 Å². The van der Waals surface area contributed by atoms with Gasteiger partial charge < -0.3 is 11.1 Å². The molecule has 0 heterocycles. The summed E-state index contributed by atoms with van der Waals surface area (Å²) < 4.78 is 0. The number of carbonyl (C=O) groups is 1. The number of nitrogens with two attached hydrogens (primary N) is 1. The fraction of sp³-hybridized carbons (Fsp3) is 0.400. The SMILES string of the molecule is CC(C)CC(CN)C(=O)Nc1ccc(C#N)c(C#N)c1. The van der Waals surface area contributed by atoms with Gasteiger partial charge in [0.15, 0.2) is 0 Å². The third-order valence-electron chi connectivity index (χ3n) is 2.94. The van der Waals surface area contributed by atoms with E-state index < -0.39 is 0 Å². The fourth-order valence-electron chi connectivity index (χ4n) is 1.94. The van der Waals surface area contributed by atoms with Gasteiger partial charge in [0.25, 0.3) is 0 Å². The van der Waals surface area contributed by atoms with Crippen LogP contribution in [0.3, 0.4) is 0 Å². The van der Waals surface area contributed by atoms with E-state index in [1.807, 2.05) is 26.0 Å². The minimum absolute atomic E-state index is 0.158. The van der Waals surface area contributed by atoms with Gasteiger partial charge in [0.2, 0.25) is 5.91 Å². The number of amides is 1. The molecule has 0 aliphatic rings. The number of carbonyl (C=O) groups excluding carboxylic acids is 1. The zero-order chi connectivity index (χ0) is 15.1.